The summed E-state index contributed by atoms with van der Waals surface area (Å²) in [4.78, 5) is 49.8. The summed E-state index contributed by atoms with van der Waals surface area (Å²) in [5.41, 5.74) is -1.87. The number of aliphatic hydroxyl groups excluding tert-OH is 2. The summed E-state index contributed by atoms with van der Waals surface area (Å²) < 4.78 is 14.7. The van der Waals surface area contributed by atoms with Crippen molar-refractivity contribution in [3.8, 4) is 51.7 Å². The van der Waals surface area contributed by atoms with Crippen molar-refractivity contribution >= 4 is 24.2 Å². The van der Waals surface area contributed by atoms with E-state index in [1.807, 2.05) is 0 Å². The normalized spacial score (nSPS) is 13.6. The van der Waals surface area contributed by atoms with Gasteiger partial charge in [-0.15, -0.1) is 0 Å². The van der Waals surface area contributed by atoms with Crippen molar-refractivity contribution in [2.24, 2.45) is 0 Å². The minimum absolute atomic E-state index is 0.175. The standard InChI is InChI=1S/C27H24O18/c28-7-19(44-26(41)10-3-14(31)21(37)15(32)4-10)24(45-27(42)11-5-16(33)22(38)17(34)6-11)23(39)18(35)8-43-25(40)9-1-12(29)20(36)13(30)2-9/h1-7,18-19,23-24,29-39H,8H2/t18-,19+,23-,24-/m1/s1. The van der Waals surface area contributed by atoms with E-state index in [-0.39, 0.29) is 6.29 Å². The second-order valence-electron chi connectivity index (χ2n) is 9.12. The molecule has 0 aliphatic carbocycles. The van der Waals surface area contributed by atoms with Gasteiger partial charge < -0.3 is 70.4 Å². The number of benzene rings is 3. The zero-order chi connectivity index (χ0) is 33.7. The van der Waals surface area contributed by atoms with Crippen LogP contribution in [-0.4, -0.2) is 111 Å². The molecule has 0 aromatic heterocycles. The van der Waals surface area contributed by atoms with E-state index in [0.29, 0.717) is 36.4 Å². The molecule has 45 heavy (non-hydrogen) atoms. The Morgan fingerprint density at radius 3 is 1.27 bits per heavy atom. The maximum absolute atomic E-state index is 12.8. The fourth-order valence-electron chi connectivity index (χ4n) is 3.61. The third kappa shape index (κ3) is 7.45. The number of aldehydes is 1. The molecule has 0 aliphatic rings. The Balaban J connectivity index is 1.89. The van der Waals surface area contributed by atoms with Crippen LogP contribution in [0.5, 0.6) is 51.7 Å². The number of esters is 3. The fourth-order valence-corrected chi connectivity index (χ4v) is 3.61. The van der Waals surface area contributed by atoms with E-state index >= 15 is 0 Å². The van der Waals surface area contributed by atoms with E-state index in [1.54, 1.807) is 0 Å². The number of hydrogen-bond acceptors (Lipinski definition) is 18. The smallest absolute Gasteiger partial charge is 0.339 e. The van der Waals surface area contributed by atoms with Gasteiger partial charge in [0.2, 0.25) is 0 Å². The SMILES string of the molecule is O=C[C@H](OC(=O)c1cc(O)c(O)c(O)c1)[C@@H](OC(=O)c1cc(O)c(O)c(O)c1)[C@H](O)[C@H](O)COC(=O)c1cc(O)c(O)c(O)c1. The van der Waals surface area contributed by atoms with Crippen LogP contribution in [0, 0.1) is 0 Å². The molecule has 0 aliphatic heterocycles. The maximum atomic E-state index is 12.8. The number of carbonyl (C=O) groups is 4. The molecule has 0 saturated heterocycles. The van der Waals surface area contributed by atoms with Crippen LogP contribution in [0.4, 0.5) is 0 Å². The lowest BCUT2D eigenvalue weighted by molar-refractivity contribution is -0.140. The van der Waals surface area contributed by atoms with Crippen molar-refractivity contribution in [1.29, 1.82) is 0 Å². The lowest BCUT2D eigenvalue weighted by atomic mass is 10.0. The van der Waals surface area contributed by atoms with Crippen LogP contribution in [0.2, 0.25) is 0 Å². The van der Waals surface area contributed by atoms with Crippen LogP contribution in [-0.2, 0) is 19.0 Å². The van der Waals surface area contributed by atoms with Crippen LogP contribution < -0.4 is 0 Å². The Morgan fingerprint density at radius 2 is 0.911 bits per heavy atom. The number of phenolic OH excluding ortho intramolecular Hbond substituents is 9. The summed E-state index contributed by atoms with van der Waals surface area (Å²) in [7, 11) is 0. The Bertz CT molecular complexity index is 1560. The fraction of sp³-hybridized carbons (Fsp3) is 0.185. The predicted octanol–water partition coefficient (Wildman–Crippen LogP) is -0.434. The highest BCUT2D eigenvalue weighted by Crippen LogP contribution is 2.37. The van der Waals surface area contributed by atoms with Crippen LogP contribution >= 0.6 is 0 Å². The molecule has 3 aromatic rings. The number of ether oxygens (including phenoxy) is 3. The lowest BCUT2D eigenvalue weighted by Gasteiger charge is -2.30. The Labute approximate surface area is 250 Å². The number of aromatic hydroxyl groups is 9. The molecule has 11 N–H and O–H groups in total. The first kappa shape index (κ1) is 33.4. The number of hydrogen-bond donors (Lipinski definition) is 11. The first-order valence-electron chi connectivity index (χ1n) is 12.2. The molecule has 18 heteroatoms. The quantitative estimate of drug-likeness (QED) is 0.0550. The van der Waals surface area contributed by atoms with Gasteiger partial charge in [-0.25, -0.2) is 14.4 Å². The summed E-state index contributed by atoms with van der Waals surface area (Å²) in [6, 6.07) is 3.82. The average molecular weight is 636 g/mol. The van der Waals surface area contributed by atoms with Gasteiger partial charge in [0.1, 0.15) is 18.8 Å². The molecule has 0 radical (unpaired) electrons. The molecule has 0 bridgehead atoms. The van der Waals surface area contributed by atoms with E-state index in [1.165, 1.54) is 0 Å². The lowest BCUT2D eigenvalue weighted by Crippen LogP contribution is -2.50. The minimum Gasteiger partial charge on any atom is -0.504 e. The first-order valence-corrected chi connectivity index (χ1v) is 12.2. The van der Waals surface area contributed by atoms with Gasteiger partial charge in [-0.2, -0.15) is 0 Å². The summed E-state index contributed by atoms with van der Waals surface area (Å²) in [5.74, 6) is -13.1. The van der Waals surface area contributed by atoms with Gasteiger partial charge in [-0.05, 0) is 36.4 Å². The zero-order valence-corrected chi connectivity index (χ0v) is 22.3. The van der Waals surface area contributed by atoms with Gasteiger partial charge in [-0.3, -0.25) is 4.79 Å². The molecule has 0 amide bonds. The molecule has 4 atom stereocenters. The van der Waals surface area contributed by atoms with Gasteiger partial charge in [0, 0.05) is 0 Å². The molecule has 0 spiro atoms. The van der Waals surface area contributed by atoms with E-state index in [2.05, 4.69) is 0 Å². The predicted molar refractivity (Wildman–Crippen MR) is 141 cm³/mol. The third-order valence-electron chi connectivity index (χ3n) is 5.98. The largest absolute Gasteiger partial charge is 0.504 e. The molecule has 0 fully saturated rings. The van der Waals surface area contributed by atoms with E-state index in [0.717, 1.165) is 0 Å². The minimum atomic E-state index is -2.44. The van der Waals surface area contributed by atoms with E-state index < -0.39 is 117 Å². The molecule has 0 heterocycles. The van der Waals surface area contributed by atoms with Gasteiger partial charge >= 0.3 is 17.9 Å². The topological polar surface area (TPSA) is 318 Å². The summed E-state index contributed by atoms with van der Waals surface area (Å²) in [6.07, 6.45) is -9.51. The molecule has 3 rings (SSSR count). The molecular weight excluding hydrogens is 612 g/mol. The van der Waals surface area contributed by atoms with Gasteiger partial charge in [-0.1, -0.05) is 0 Å². The number of phenols is 9. The molecule has 18 nitrogen and oxygen atoms in total. The number of rotatable bonds is 11. The summed E-state index contributed by atoms with van der Waals surface area (Å²) in [5, 5.41) is 108. The van der Waals surface area contributed by atoms with Crippen LogP contribution in [0.1, 0.15) is 31.1 Å². The second kappa shape index (κ2) is 13.4. The van der Waals surface area contributed by atoms with Crippen molar-refractivity contribution in [2.45, 2.75) is 24.4 Å². The zero-order valence-electron chi connectivity index (χ0n) is 22.3. The van der Waals surface area contributed by atoms with Crippen LogP contribution in [0.25, 0.3) is 0 Å². The van der Waals surface area contributed by atoms with Crippen LogP contribution in [0.3, 0.4) is 0 Å². The Morgan fingerprint density at radius 1 is 0.578 bits per heavy atom. The van der Waals surface area contributed by atoms with Crippen molar-refractivity contribution in [3.05, 3.63) is 53.1 Å². The average Bonchev–Trinajstić information content (AvgIpc) is 2.99. The highest BCUT2D eigenvalue weighted by atomic mass is 16.6. The molecule has 0 unspecified atom stereocenters. The number of aliphatic hydroxyl groups is 2. The maximum Gasteiger partial charge on any atom is 0.339 e. The Hall–Kier alpha value is -6.14. The number of carbonyl (C=O) groups excluding carboxylic acids is 4. The van der Waals surface area contributed by atoms with E-state index in [4.69, 9.17) is 14.2 Å². The summed E-state index contributed by atoms with van der Waals surface area (Å²) in [6.45, 7) is -1.13. The van der Waals surface area contributed by atoms with Gasteiger partial charge in [0.15, 0.2) is 70.2 Å². The van der Waals surface area contributed by atoms with E-state index in [9.17, 15) is 75.3 Å². The van der Waals surface area contributed by atoms with Crippen molar-refractivity contribution in [3.63, 3.8) is 0 Å². The Kier molecular flexibility index (Phi) is 9.97. The van der Waals surface area contributed by atoms with Crippen molar-refractivity contribution in [1.82, 2.24) is 0 Å². The second-order valence-corrected chi connectivity index (χ2v) is 9.12. The molecule has 240 valence electrons. The monoisotopic (exact) mass is 636 g/mol. The highest BCUT2D eigenvalue weighted by Gasteiger charge is 2.40. The molecule has 0 saturated carbocycles. The highest BCUT2D eigenvalue weighted by molar-refractivity contribution is 5.93. The van der Waals surface area contributed by atoms with Crippen molar-refractivity contribution in [2.75, 3.05) is 6.61 Å². The van der Waals surface area contributed by atoms with Crippen LogP contribution in [0.15, 0.2) is 36.4 Å². The van der Waals surface area contributed by atoms with Crippen molar-refractivity contribution < 1.29 is 89.6 Å². The first-order chi connectivity index (χ1) is 21.0. The van der Waals surface area contributed by atoms with Gasteiger partial charge in [0.05, 0.1) is 16.7 Å². The third-order valence-corrected chi connectivity index (χ3v) is 5.98. The molecular formula is C27H24O18. The molecule has 3 aromatic carbocycles. The van der Waals surface area contributed by atoms with Gasteiger partial charge in [0.25, 0.3) is 0 Å². The summed E-state index contributed by atoms with van der Waals surface area (Å²) >= 11 is 0.